The highest BCUT2D eigenvalue weighted by Crippen LogP contribution is 2.36. The molecule has 1 aromatic carbocycles. The monoisotopic (exact) mass is 483 g/mol. The normalized spacial score (nSPS) is 22.0. The molecule has 0 bridgehead atoms. The topological polar surface area (TPSA) is 70.2 Å². The smallest absolute Gasteiger partial charge is 0.375 e. The van der Waals surface area contributed by atoms with Crippen molar-refractivity contribution >= 4 is 27.5 Å². The molecule has 174 valence electrons. The number of piperazine rings is 1. The first-order valence-corrected chi connectivity index (χ1v) is 11.8. The molecule has 0 spiro atoms. The first kappa shape index (κ1) is 24.2. The van der Waals surface area contributed by atoms with Crippen molar-refractivity contribution in [3.63, 3.8) is 0 Å². The second kappa shape index (κ2) is 9.62. The third-order valence-corrected chi connectivity index (χ3v) is 7.74. The van der Waals surface area contributed by atoms with E-state index in [0.29, 0.717) is 38.9 Å². The number of hydrogen-bond donors (Lipinski definition) is 0. The van der Waals surface area contributed by atoms with Crippen molar-refractivity contribution in [2.75, 3.05) is 52.4 Å². The molecule has 1 aromatic rings. The van der Waals surface area contributed by atoms with Crippen LogP contribution in [0, 0.1) is 0 Å². The summed E-state index contributed by atoms with van der Waals surface area (Å²) < 4.78 is 71.6. The van der Waals surface area contributed by atoms with Gasteiger partial charge in [0.25, 0.3) is 0 Å². The molecule has 2 aliphatic rings. The molecule has 3 rings (SSSR count). The van der Waals surface area contributed by atoms with Gasteiger partial charge in [0.05, 0.1) is 34.7 Å². The summed E-state index contributed by atoms with van der Waals surface area (Å²) in [5.41, 5.74) is -1.18. The van der Waals surface area contributed by atoms with E-state index in [1.165, 1.54) is 0 Å². The van der Waals surface area contributed by atoms with Crippen molar-refractivity contribution in [2.45, 2.75) is 30.5 Å². The average molecular weight is 484 g/mol. The largest absolute Gasteiger partial charge is 0.417 e. The van der Waals surface area contributed by atoms with Gasteiger partial charge in [0.1, 0.15) is 0 Å². The fraction of sp³-hybridized carbons (Fsp3) is 0.632. The maximum atomic E-state index is 13.1. The van der Waals surface area contributed by atoms with Gasteiger partial charge in [-0.2, -0.15) is 17.5 Å². The van der Waals surface area contributed by atoms with Gasteiger partial charge >= 0.3 is 6.18 Å². The fourth-order valence-corrected chi connectivity index (χ4v) is 5.32. The van der Waals surface area contributed by atoms with Gasteiger partial charge in [0.2, 0.25) is 15.9 Å². The molecule has 0 saturated carbocycles. The number of sulfonamides is 1. The van der Waals surface area contributed by atoms with Gasteiger partial charge in [0, 0.05) is 39.3 Å². The number of benzene rings is 1. The third kappa shape index (κ3) is 5.70. The summed E-state index contributed by atoms with van der Waals surface area (Å²) in [5.74, 6) is -0.0365. The molecular weight excluding hydrogens is 459 g/mol. The first-order chi connectivity index (χ1) is 14.5. The number of carbonyl (C=O) groups excluding carboxylic acids is 1. The van der Waals surface area contributed by atoms with Crippen LogP contribution >= 0.6 is 11.6 Å². The molecule has 2 saturated heterocycles. The van der Waals surface area contributed by atoms with Crippen LogP contribution in [0.25, 0.3) is 0 Å². The lowest BCUT2D eigenvalue weighted by Crippen LogP contribution is -2.53. The van der Waals surface area contributed by atoms with Gasteiger partial charge in [-0.3, -0.25) is 9.69 Å². The quantitative estimate of drug-likeness (QED) is 0.643. The van der Waals surface area contributed by atoms with Gasteiger partial charge in [-0.15, -0.1) is 0 Å². The van der Waals surface area contributed by atoms with Crippen LogP contribution in [-0.4, -0.2) is 87.0 Å². The Kier molecular flexibility index (Phi) is 7.52. The zero-order valence-corrected chi connectivity index (χ0v) is 18.6. The van der Waals surface area contributed by atoms with Crippen LogP contribution < -0.4 is 0 Å². The van der Waals surface area contributed by atoms with Crippen LogP contribution in [-0.2, 0) is 25.7 Å². The van der Waals surface area contributed by atoms with E-state index in [2.05, 4.69) is 0 Å². The second-order valence-corrected chi connectivity index (χ2v) is 9.91. The van der Waals surface area contributed by atoms with E-state index in [9.17, 15) is 26.4 Å². The minimum absolute atomic E-state index is 0.0284. The molecule has 1 atom stereocenters. The zero-order chi connectivity index (χ0) is 22.8. The van der Waals surface area contributed by atoms with Crippen LogP contribution in [0.5, 0.6) is 0 Å². The molecule has 0 aromatic heterocycles. The lowest BCUT2D eigenvalue weighted by Gasteiger charge is -2.36. The van der Waals surface area contributed by atoms with E-state index < -0.39 is 31.7 Å². The zero-order valence-electron chi connectivity index (χ0n) is 17.1. The molecule has 0 radical (unpaired) electrons. The molecule has 0 N–H and O–H groups in total. The molecule has 1 amide bonds. The van der Waals surface area contributed by atoms with Crippen LogP contribution in [0.4, 0.5) is 13.2 Å². The predicted molar refractivity (Wildman–Crippen MR) is 108 cm³/mol. The molecule has 2 heterocycles. The second-order valence-electron chi connectivity index (χ2n) is 7.56. The number of morpholine rings is 1. The van der Waals surface area contributed by atoms with Gasteiger partial charge in [-0.05, 0) is 24.6 Å². The van der Waals surface area contributed by atoms with Crippen LogP contribution in [0.2, 0.25) is 5.02 Å². The van der Waals surface area contributed by atoms with E-state index in [4.69, 9.17) is 16.3 Å². The summed E-state index contributed by atoms with van der Waals surface area (Å²) in [5, 5.41) is -0.553. The highest BCUT2D eigenvalue weighted by molar-refractivity contribution is 7.89. The Morgan fingerprint density at radius 3 is 2.48 bits per heavy atom. The van der Waals surface area contributed by atoms with E-state index in [0.717, 1.165) is 22.9 Å². The molecule has 1 unspecified atom stereocenters. The number of ether oxygens (including phenoxy) is 1. The standard InChI is InChI=1S/C19H25ClF3N3O4S/c1-2-14-12-25(9-10-30-14)18(27)13-24-5-7-26(8-6-24)31(28,29)15-3-4-17(20)16(11-15)19(21,22)23/h3-4,11,14H,2,5-10,12-13H2,1H3. The molecule has 0 aliphatic carbocycles. The molecule has 31 heavy (non-hydrogen) atoms. The van der Waals surface area contributed by atoms with Crippen molar-refractivity contribution in [1.82, 2.24) is 14.1 Å². The van der Waals surface area contributed by atoms with Gasteiger partial charge in [-0.25, -0.2) is 8.42 Å². The van der Waals surface area contributed by atoms with E-state index >= 15 is 0 Å². The fourth-order valence-electron chi connectivity index (χ4n) is 3.64. The number of nitrogens with zero attached hydrogens (tertiary/aromatic N) is 3. The summed E-state index contributed by atoms with van der Waals surface area (Å²) in [7, 11) is -4.11. The number of rotatable bonds is 5. The summed E-state index contributed by atoms with van der Waals surface area (Å²) in [6.07, 6.45) is -3.90. The van der Waals surface area contributed by atoms with Crippen LogP contribution in [0.1, 0.15) is 18.9 Å². The lowest BCUT2D eigenvalue weighted by atomic mass is 10.2. The number of alkyl halides is 3. The Morgan fingerprint density at radius 1 is 1.19 bits per heavy atom. The number of carbonyl (C=O) groups is 1. The lowest BCUT2D eigenvalue weighted by molar-refractivity contribution is -0.140. The maximum Gasteiger partial charge on any atom is 0.417 e. The number of halogens is 4. The van der Waals surface area contributed by atoms with Crippen molar-refractivity contribution < 1.29 is 31.1 Å². The van der Waals surface area contributed by atoms with E-state index in [1.54, 1.807) is 4.90 Å². The van der Waals surface area contributed by atoms with Gasteiger partial charge in [-0.1, -0.05) is 18.5 Å². The Hall–Kier alpha value is -1.40. The summed E-state index contributed by atoms with van der Waals surface area (Å²) >= 11 is 5.59. The molecule has 2 aliphatic heterocycles. The minimum Gasteiger partial charge on any atom is -0.375 e. The summed E-state index contributed by atoms with van der Waals surface area (Å²) in [4.78, 5) is 15.7. The van der Waals surface area contributed by atoms with Crippen LogP contribution in [0.15, 0.2) is 23.1 Å². The van der Waals surface area contributed by atoms with Crippen LogP contribution in [0.3, 0.4) is 0 Å². The maximum absolute atomic E-state index is 13.1. The van der Waals surface area contributed by atoms with E-state index in [-0.39, 0.29) is 31.6 Å². The summed E-state index contributed by atoms with van der Waals surface area (Å²) in [6.45, 7) is 4.53. The Balaban J connectivity index is 1.61. The molecular formula is C19H25ClF3N3O4S. The van der Waals surface area contributed by atoms with Crippen molar-refractivity contribution in [3.05, 3.63) is 28.8 Å². The summed E-state index contributed by atoms with van der Waals surface area (Å²) in [6, 6.07) is 2.58. The molecule has 7 nitrogen and oxygen atoms in total. The first-order valence-electron chi connectivity index (χ1n) is 10.0. The van der Waals surface area contributed by atoms with Gasteiger partial charge in [0.15, 0.2) is 0 Å². The van der Waals surface area contributed by atoms with Crippen molar-refractivity contribution in [1.29, 1.82) is 0 Å². The highest BCUT2D eigenvalue weighted by Gasteiger charge is 2.36. The Bertz CT molecular complexity index is 905. The molecule has 2 fully saturated rings. The van der Waals surface area contributed by atoms with Gasteiger partial charge < -0.3 is 9.64 Å². The SMILES string of the molecule is CCC1CN(C(=O)CN2CCN(S(=O)(=O)c3ccc(Cl)c(C(F)(F)F)c3)CC2)CCO1. The van der Waals surface area contributed by atoms with E-state index in [1.807, 2.05) is 11.8 Å². The minimum atomic E-state index is -4.75. The predicted octanol–water partition coefficient (Wildman–Crippen LogP) is 2.30. The molecule has 12 heteroatoms. The third-order valence-electron chi connectivity index (χ3n) is 5.52. The van der Waals surface area contributed by atoms with Crippen molar-refractivity contribution in [2.24, 2.45) is 0 Å². The Morgan fingerprint density at radius 2 is 1.87 bits per heavy atom. The average Bonchev–Trinajstić information content (AvgIpc) is 2.73. The van der Waals surface area contributed by atoms with Crippen molar-refractivity contribution in [3.8, 4) is 0 Å². The number of amides is 1. The number of hydrogen-bond acceptors (Lipinski definition) is 5. The highest BCUT2D eigenvalue weighted by atomic mass is 35.5. The Labute approximate surface area is 184 Å².